The largest absolute Gasteiger partial charge is 0.329 e. The van der Waals surface area contributed by atoms with Gasteiger partial charge < -0.3 is 4.57 Å². The molecule has 0 unspecified atom stereocenters. The molecule has 0 spiro atoms. The van der Waals surface area contributed by atoms with E-state index in [9.17, 15) is 0 Å². The van der Waals surface area contributed by atoms with Crippen LogP contribution >= 0.6 is 0 Å². The summed E-state index contributed by atoms with van der Waals surface area (Å²) in [5, 5.41) is 0. The second-order valence-electron chi connectivity index (χ2n) is 2.40. The highest BCUT2D eigenvalue weighted by atomic mass is 15.1. The third kappa shape index (κ3) is 1.34. The van der Waals surface area contributed by atoms with Crippen molar-refractivity contribution in [3.63, 3.8) is 0 Å². The maximum Gasteiger partial charge on any atom is 0.108 e. The highest BCUT2D eigenvalue weighted by molar-refractivity contribution is 5.41. The molecule has 0 aliphatic carbocycles. The van der Waals surface area contributed by atoms with E-state index in [4.69, 9.17) is 0 Å². The molecule has 0 aromatic carbocycles. The van der Waals surface area contributed by atoms with Gasteiger partial charge in [0.15, 0.2) is 0 Å². The normalized spacial score (nSPS) is 10.0. The molecule has 0 atom stereocenters. The first-order valence-corrected chi connectivity index (χ1v) is 4.00. The van der Waals surface area contributed by atoms with Crippen LogP contribution in [0.1, 0.15) is 25.4 Å². The maximum atomic E-state index is 4.27. The van der Waals surface area contributed by atoms with Crippen molar-refractivity contribution in [1.82, 2.24) is 9.55 Å². The molecule has 0 saturated heterocycles. The topological polar surface area (TPSA) is 17.8 Å². The monoisotopic (exact) mass is 150 g/mol. The van der Waals surface area contributed by atoms with Gasteiger partial charge in [-0.25, -0.2) is 4.98 Å². The van der Waals surface area contributed by atoms with Gasteiger partial charge >= 0.3 is 0 Å². The Balaban J connectivity index is 3.08. The van der Waals surface area contributed by atoms with Gasteiger partial charge in [-0.15, -0.1) is 0 Å². The quantitative estimate of drug-likeness (QED) is 0.645. The lowest BCUT2D eigenvalue weighted by Crippen LogP contribution is -2.01. The van der Waals surface area contributed by atoms with Crippen LogP contribution in [-0.4, -0.2) is 9.55 Å². The van der Waals surface area contributed by atoms with Gasteiger partial charge in [0.1, 0.15) is 5.82 Å². The molecule has 2 nitrogen and oxygen atoms in total. The molecule has 1 aromatic heterocycles. The molecule has 11 heavy (non-hydrogen) atoms. The fraction of sp³-hybridized carbons (Fsp3) is 0.444. The zero-order valence-corrected chi connectivity index (χ0v) is 7.17. The summed E-state index contributed by atoms with van der Waals surface area (Å²) < 4.78 is 2.17. The predicted molar refractivity (Wildman–Crippen MR) is 47.4 cm³/mol. The second-order valence-corrected chi connectivity index (χ2v) is 2.40. The first-order chi connectivity index (χ1) is 5.33. The van der Waals surface area contributed by atoms with Crippen LogP contribution in [0.25, 0.3) is 6.08 Å². The van der Waals surface area contributed by atoms with Crippen molar-refractivity contribution in [2.75, 3.05) is 0 Å². The van der Waals surface area contributed by atoms with Crippen molar-refractivity contribution in [3.05, 3.63) is 24.3 Å². The zero-order valence-electron chi connectivity index (χ0n) is 7.17. The van der Waals surface area contributed by atoms with Gasteiger partial charge in [-0.2, -0.15) is 0 Å². The van der Waals surface area contributed by atoms with E-state index in [0.29, 0.717) is 0 Å². The van der Waals surface area contributed by atoms with Crippen LogP contribution in [0.2, 0.25) is 0 Å². The molecule has 0 bridgehead atoms. The second kappa shape index (κ2) is 3.37. The Morgan fingerprint density at radius 1 is 1.64 bits per heavy atom. The van der Waals surface area contributed by atoms with Crippen molar-refractivity contribution in [2.45, 2.75) is 26.8 Å². The minimum Gasteiger partial charge on any atom is -0.329 e. The lowest BCUT2D eigenvalue weighted by atomic mass is 10.4. The Morgan fingerprint density at radius 3 is 2.82 bits per heavy atom. The minimum absolute atomic E-state index is 0.977. The number of imidazole rings is 1. The van der Waals surface area contributed by atoms with Gasteiger partial charge in [0.2, 0.25) is 0 Å². The highest BCUT2D eigenvalue weighted by Gasteiger charge is 2.01. The first-order valence-electron chi connectivity index (χ1n) is 4.00. The van der Waals surface area contributed by atoms with Crippen LogP contribution in [0.3, 0.4) is 0 Å². The van der Waals surface area contributed by atoms with Crippen LogP contribution in [-0.2, 0) is 13.0 Å². The van der Waals surface area contributed by atoms with E-state index in [1.165, 1.54) is 0 Å². The number of hydrogen-bond acceptors (Lipinski definition) is 1. The standard InChI is InChI=1S/C9H14N2/c1-4-8-7-10-9(5-2)11(8)6-3/h4,7H,1,5-6H2,2-3H3. The average Bonchev–Trinajstić information content (AvgIpc) is 2.45. The molecule has 0 aliphatic rings. The molecule has 1 rings (SSSR count). The maximum absolute atomic E-state index is 4.27. The van der Waals surface area contributed by atoms with Gasteiger partial charge in [0, 0.05) is 13.0 Å². The first kappa shape index (κ1) is 8.05. The fourth-order valence-electron chi connectivity index (χ4n) is 1.24. The fourth-order valence-corrected chi connectivity index (χ4v) is 1.24. The molecule has 0 N–H and O–H groups in total. The van der Waals surface area contributed by atoms with Crippen LogP contribution in [0.4, 0.5) is 0 Å². The molecular weight excluding hydrogens is 136 g/mol. The Hall–Kier alpha value is -1.05. The summed E-state index contributed by atoms with van der Waals surface area (Å²) >= 11 is 0. The van der Waals surface area contributed by atoms with E-state index in [2.05, 4.69) is 30.0 Å². The van der Waals surface area contributed by atoms with Crippen molar-refractivity contribution >= 4 is 6.08 Å². The van der Waals surface area contributed by atoms with Crippen LogP contribution in [0, 0.1) is 0 Å². The lowest BCUT2D eigenvalue weighted by Gasteiger charge is -2.03. The number of hydrogen-bond donors (Lipinski definition) is 0. The van der Waals surface area contributed by atoms with E-state index in [1.807, 2.05) is 12.3 Å². The number of aryl methyl sites for hydroxylation is 1. The van der Waals surface area contributed by atoms with Crippen molar-refractivity contribution < 1.29 is 0 Å². The summed E-state index contributed by atoms with van der Waals surface area (Å²) in [7, 11) is 0. The van der Waals surface area contributed by atoms with Gasteiger partial charge in [-0.3, -0.25) is 0 Å². The van der Waals surface area contributed by atoms with E-state index in [0.717, 1.165) is 24.5 Å². The molecule has 0 radical (unpaired) electrons. The van der Waals surface area contributed by atoms with Crippen LogP contribution < -0.4 is 0 Å². The molecule has 0 aliphatic heterocycles. The summed E-state index contributed by atoms with van der Waals surface area (Å²) in [4.78, 5) is 4.27. The number of rotatable bonds is 3. The van der Waals surface area contributed by atoms with Gasteiger partial charge in [-0.05, 0) is 13.0 Å². The summed E-state index contributed by atoms with van der Waals surface area (Å²) in [5.74, 6) is 1.14. The van der Waals surface area contributed by atoms with Crippen LogP contribution in [0.5, 0.6) is 0 Å². The van der Waals surface area contributed by atoms with Crippen LogP contribution in [0.15, 0.2) is 12.8 Å². The Morgan fingerprint density at radius 2 is 2.36 bits per heavy atom. The zero-order chi connectivity index (χ0) is 8.27. The average molecular weight is 150 g/mol. The molecule has 1 aromatic rings. The summed E-state index contributed by atoms with van der Waals surface area (Å²) in [6.07, 6.45) is 4.70. The Bertz CT molecular complexity index is 248. The smallest absolute Gasteiger partial charge is 0.108 e. The number of aromatic nitrogens is 2. The Labute approximate surface area is 67.6 Å². The SMILES string of the molecule is C=Cc1cnc(CC)n1CC. The van der Waals surface area contributed by atoms with Gasteiger partial charge in [-0.1, -0.05) is 13.5 Å². The van der Waals surface area contributed by atoms with E-state index >= 15 is 0 Å². The third-order valence-electron chi connectivity index (χ3n) is 1.81. The summed E-state index contributed by atoms with van der Waals surface area (Å²) in [6.45, 7) is 8.93. The molecule has 0 saturated carbocycles. The summed E-state index contributed by atoms with van der Waals surface area (Å²) in [6, 6.07) is 0. The lowest BCUT2D eigenvalue weighted by molar-refractivity contribution is 0.700. The molecule has 1 heterocycles. The molecule has 60 valence electrons. The third-order valence-corrected chi connectivity index (χ3v) is 1.81. The Kier molecular flexibility index (Phi) is 2.47. The van der Waals surface area contributed by atoms with E-state index < -0.39 is 0 Å². The molecule has 0 amide bonds. The molecular formula is C9H14N2. The van der Waals surface area contributed by atoms with E-state index in [1.54, 1.807) is 0 Å². The minimum atomic E-state index is 0.977. The number of nitrogens with zero attached hydrogens (tertiary/aromatic N) is 2. The van der Waals surface area contributed by atoms with Gasteiger partial charge in [0.05, 0.1) is 11.9 Å². The van der Waals surface area contributed by atoms with Crippen molar-refractivity contribution in [1.29, 1.82) is 0 Å². The molecule has 0 fully saturated rings. The molecule has 2 heteroatoms. The van der Waals surface area contributed by atoms with Gasteiger partial charge in [0.25, 0.3) is 0 Å². The van der Waals surface area contributed by atoms with Crippen molar-refractivity contribution in [2.24, 2.45) is 0 Å². The van der Waals surface area contributed by atoms with E-state index in [-0.39, 0.29) is 0 Å². The predicted octanol–water partition coefficient (Wildman–Crippen LogP) is 2.11. The highest BCUT2D eigenvalue weighted by Crippen LogP contribution is 2.06. The van der Waals surface area contributed by atoms with Crippen molar-refractivity contribution in [3.8, 4) is 0 Å². The summed E-state index contributed by atoms with van der Waals surface area (Å²) in [5.41, 5.74) is 1.12.